The highest BCUT2D eigenvalue weighted by molar-refractivity contribution is 5.72. The number of carbonyl (C=O) groups excluding carboxylic acids is 1. The molecule has 1 aliphatic rings. The van der Waals surface area contributed by atoms with Crippen molar-refractivity contribution in [2.45, 2.75) is 66.3 Å². The number of methoxy groups -OCH3 is 1. The van der Waals surface area contributed by atoms with Crippen molar-refractivity contribution in [3.63, 3.8) is 0 Å². The zero-order valence-corrected chi connectivity index (χ0v) is 13.5. The van der Waals surface area contributed by atoms with Gasteiger partial charge in [-0.1, -0.05) is 34.6 Å². The summed E-state index contributed by atoms with van der Waals surface area (Å²) >= 11 is 0. The molecule has 1 N–H and O–H groups in total. The van der Waals surface area contributed by atoms with E-state index in [0.717, 1.165) is 32.2 Å². The first-order chi connectivity index (χ1) is 8.67. The van der Waals surface area contributed by atoms with Gasteiger partial charge in [0.1, 0.15) is 0 Å². The van der Waals surface area contributed by atoms with E-state index in [1.165, 1.54) is 7.11 Å². The summed E-state index contributed by atoms with van der Waals surface area (Å²) in [5.74, 6) is 0.0900. The van der Waals surface area contributed by atoms with Gasteiger partial charge in [-0.3, -0.25) is 4.79 Å². The first-order valence-corrected chi connectivity index (χ1v) is 7.48. The predicted molar refractivity (Wildman–Crippen MR) is 79.0 cm³/mol. The van der Waals surface area contributed by atoms with Crippen molar-refractivity contribution in [3.8, 4) is 0 Å². The Morgan fingerprint density at radius 1 is 1.11 bits per heavy atom. The molecule has 1 rings (SSSR count). The molecule has 1 saturated carbocycles. The lowest BCUT2D eigenvalue weighted by molar-refractivity contribution is -0.146. The Labute approximate surface area is 118 Å². The van der Waals surface area contributed by atoms with E-state index in [9.17, 15) is 4.79 Å². The van der Waals surface area contributed by atoms with Crippen LogP contribution in [0.2, 0.25) is 0 Å². The molecule has 0 aromatic heterocycles. The fraction of sp³-hybridized carbons (Fsp3) is 0.938. The molecule has 0 amide bonds. The number of carbonyl (C=O) groups is 1. The fourth-order valence-electron chi connectivity index (χ4n) is 2.36. The minimum absolute atomic E-state index is 0.0338. The van der Waals surface area contributed by atoms with Gasteiger partial charge in [-0.2, -0.15) is 0 Å². The van der Waals surface area contributed by atoms with Crippen LogP contribution in [-0.2, 0) is 9.53 Å². The molecule has 0 radical (unpaired) electrons. The number of nitrogens with one attached hydrogen (secondary N) is 1. The molecule has 0 aromatic rings. The van der Waals surface area contributed by atoms with Gasteiger partial charge in [-0.25, -0.2) is 0 Å². The number of ether oxygens (including phenoxy) is 1. The highest BCUT2D eigenvalue weighted by Crippen LogP contribution is 2.37. The van der Waals surface area contributed by atoms with Gasteiger partial charge in [0.05, 0.1) is 13.0 Å². The standard InChI is InChI=1S/C16H31NO2/c1-15(2,3)16(4,5)11-17-13-9-7-12(8-10-13)14(18)19-6/h12-13,17H,7-11H2,1-6H3. The largest absolute Gasteiger partial charge is 0.469 e. The maximum atomic E-state index is 11.5. The van der Waals surface area contributed by atoms with E-state index in [-0.39, 0.29) is 17.3 Å². The number of esters is 1. The molecule has 0 saturated heterocycles. The quantitative estimate of drug-likeness (QED) is 0.795. The molecule has 0 atom stereocenters. The maximum Gasteiger partial charge on any atom is 0.308 e. The first kappa shape index (κ1) is 16.5. The predicted octanol–water partition coefficient (Wildman–Crippen LogP) is 3.38. The number of rotatable bonds is 4. The molecule has 1 aliphatic carbocycles. The summed E-state index contributed by atoms with van der Waals surface area (Å²) in [6.45, 7) is 12.6. The molecule has 3 heteroatoms. The van der Waals surface area contributed by atoms with Gasteiger partial charge in [0, 0.05) is 12.6 Å². The fourth-order valence-corrected chi connectivity index (χ4v) is 2.36. The summed E-state index contributed by atoms with van der Waals surface area (Å²) in [5.41, 5.74) is 0.565. The van der Waals surface area contributed by atoms with Crippen LogP contribution < -0.4 is 5.32 Å². The molecule has 1 fully saturated rings. The van der Waals surface area contributed by atoms with Crippen LogP contribution in [0, 0.1) is 16.7 Å². The van der Waals surface area contributed by atoms with Crippen LogP contribution in [0.25, 0.3) is 0 Å². The molecule has 0 spiro atoms. The van der Waals surface area contributed by atoms with Crippen molar-refractivity contribution in [3.05, 3.63) is 0 Å². The average Bonchev–Trinajstić information content (AvgIpc) is 2.35. The minimum atomic E-state index is -0.0338. The van der Waals surface area contributed by atoms with Crippen molar-refractivity contribution >= 4 is 5.97 Å². The molecule has 0 aromatic carbocycles. The van der Waals surface area contributed by atoms with Crippen molar-refractivity contribution in [1.29, 1.82) is 0 Å². The second-order valence-corrected chi connectivity index (χ2v) is 7.59. The molecule has 0 bridgehead atoms. The minimum Gasteiger partial charge on any atom is -0.469 e. The van der Waals surface area contributed by atoms with E-state index in [4.69, 9.17) is 4.74 Å². The summed E-state index contributed by atoms with van der Waals surface area (Å²) < 4.78 is 4.82. The summed E-state index contributed by atoms with van der Waals surface area (Å²) in [6, 6.07) is 0.558. The third-order valence-electron chi connectivity index (χ3n) is 5.12. The molecule has 19 heavy (non-hydrogen) atoms. The van der Waals surface area contributed by atoms with Crippen LogP contribution in [0.4, 0.5) is 0 Å². The van der Waals surface area contributed by atoms with Crippen molar-refractivity contribution < 1.29 is 9.53 Å². The van der Waals surface area contributed by atoms with E-state index in [1.54, 1.807) is 0 Å². The second-order valence-electron chi connectivity index (χ2n) is 7.59. The number of hydrogen-bond acceptors (Lipinski definition) is 3. The van der Waals surface area contributed by atoms with Gasteiger partial charge in [0.25, 0.3) is 0 Å². The summed E-state index contributed by atoms with van der Waals surface area (Å²) in [5, 5.41) is 3.69. The molecule has 3 nitrogen and oxygen atoms in total. The smallest absolute Gasteiger partial charge is 0.308 e. The molecular weight excluding hydrogens is 238 g/mol. The Bertz CT molecular complexity index is 296. The topological polar surface area (TPSA) is 38.3 Å². The van der Waals surface area contributed by atoms with Crippen LogP contribution in [0.1, 0.15) is 60.3 Å². The Morgan fingerprint density at radius 2 is 1.63 bits per heavy atom. The SMILES string of the molecule is COC(=O)C1CCC(NCC(C)(C)C(C)(C)C)CC1. The lowest BCUT2D eigenvalue weighted by Crippen LogP contribution is -2.44. The zero-order chi connectivity index (χ0) is 14.7. The molecular formula is C16H31NO2. The lowest BCUT2D eigenvalue weighted by atomic mass is 9.69. The highest BCUT2D eigenvalue weighted by Gasteiger charge is 2.34. The zero-order valence-electron chi connectivity index (χ0n) is 13.5. The van der Waals surface area contributed by atoms with Crippen molar-refractivity contribution in [1.82, 2.24) is 5.32 Å². The molecule has 112 valence electrons. The van der Waals surface area contributed by atoms with Crippen LogP contribution in [-0.4, -0.2) is 25.7 Å². The van der Waals surface area contributed by atoms with E-state index in [2.05, 4.69) is 39.9 Å². The third kappa shape index (κ3) is 4.48. The van der Waals surface area contributed by atoms with E-state index in [0.29, 0.717) is 11.5 Å². The van der Waals surface area contributed by atoms with Crippen molar-refractivity contribution in [2.75, 3.05) is 13.7 Å². The summed E-state index contributed by atoms with van der Waals surface area (Å²) in [4.78, 5) is 11.5. The van der Waals surface area contributed by atoms with E-state index >= 15 is 0 Å². The van der Waals surface area contributed by atoms with Gasteiger partial charge >= 0.3 is 5.97 Å². The summed E-state index contributed by atoms with van der Waals surface area (Å²) in [7, 11) is 1.48. The molecule has 0 aliphatic heterocycles. The Morgan fingerprint density at radius 3 is 2.05 bits per heavy atom. The summed E-state index contributed by atoms with van der Waals surface area (Å²) in [6.07, 6.45) is 4.08. The Hall–Kier alpha value is -0.570. The lowest BCUT2D eigenvalue weighted by Gasteiger charge is -2.40. The van der Waals surface area contributed by atoms with Gasteiger partial charge in [0.2, 0.25) is 0 Å². The maximum absolute atomic E-state index is 11.5. The van der Waals surface area contributed by atoms with Crippen LogP contribution in [0.5, 0.6) is 0 Å². The van der Waals surface area contributed by atoms with Gasteiger partial charge in [-0.15, -0.1) is 0 Å². The first-order valence-electron chi connectivity index (χ1n) is 7.48. The van der Waals surface area contributed by atoms with Gasteiger partial charge in [0.15, 0.2) is 0 Å². The normalized spacial score (nSPS) is 25.2. The average molecular weight is 269 g/mol. The highest BCUT2D eigenvalue weighted by atomic mass is 16.5. The van der Waals surface area contributed by atoms with Gasteiger partial charge in [-0.05, 0) is 36.5 Å². The van der Waals surface area contributed by atoms with Crippen LogP contribution in [0.15, 0.2) is 0 Å². The Balaban J connectivity index is 2.36. The molecule has 0 unspecified atom stereocenters. The Kier molecular flexibility index (Phi) is 5.43. The van der Waals surface area contributed by atoms with Crippen LogP contribution in [0.3, 0.4) is 0 Å². The van der Waals surface area contributed by atoms with E-state index < -0.39 is 0 Å². The monoisotopic (exact) mass is 269 g/mol. The third-order valence-corrected chi connectivity index (χ3v) is 5.12. The van der Waals surface area contributed by atoms with Crippen LogP contribution >= 0.6 is 0 Å². The van der Waals surface area contributed by atoms with Gasteiger partial charge < -0.3 is 10.1 Å². The second kappa shape index (κ2) is 6.25. The van der Waals surface area contributed by atoms with E-state index in [1.807, 2.05) is 0 Å². The van der Waals surface area contributed by atoms with Crippen molar-refractivity contribution in [2.24, 2.45) is 16.7 Å². The molecule has 0 heterocycles. The number of hydrogen-bond donors (Lipinski definition) is 1.